The van der Waals surface area contributed by atoms with Crippen LogP contribution in [0.1, 0.15) is 103 Å². The summed E-state index contributed by atoms with van der Waals surface area (Å²) in [5.41, 5.74) is 30.7. The van der Waals surface area contributed by atoms with E-state index in [2.05, 4.69) is 305 Å². The predicted molar refractivity (Wildman–Crippen MR) is 372 cm³/mol. The van der Waals surface area contributed by atoms with Gasteiger partial charge >= 0.3 is 0 Å². The van der Waals surface area contributed by atoms with Crippen LogP contribution < -0.4 is 10.6 Å². The van der Waals surface area contributed by atoms with Gasteiger partial charge in [-0.2, -0.15) is 0 Å². The Balaban J connectivity index is 0.000000631. The number of nitrogens with zero attached hydrogens (tertiary/aromatic N) is 3. The van der Waals surface area contributed by atoms with E-state index in [-0.39, 0.29) is 0 Å². The molecule has 0 amide bonds. The second-order valence-electron chi connectivity index (χ2n) is 23.3. The van der Waals surface area contributed by atoms with Crippen LogP contribution in [0, 0.1) is 27.7 Å². The zero-order chi connectivity index (χ0) is 58.8. The molecule has 0 saturated carbocycles. The third-order valence-electron chi connectivity index (χ3n) is 17.3. The summed E-state index contributed by atoms with van der Waals surface area (Å²) in [5.74, 6) is 0. The molecule has 0 N–H and O–H groups in total. The van der Waals surface area contributed by atoms with E-state index in [0.29, 0.717) is 0 Å². The first kappa shape index (κ1) is 55.3. The van der Waals surface area contributed by atoms with Crippen molar-refractivity contribution < 1.29 is 0 Å². The molecule has 4 aliphatic rings. The Morgan fingerprint density at radius 2 is 1.20 bits per heavy atom. The van der Waals surface area contributed by atoms with Crippen molar-refractivity contribution in [3.63, 3.8) is 0 Å². The standard InChI is InChI=1S/C73H57N3.C7H8.C3H8/c1-47-27-37-63-72(43-47)76(57-21-10-6-11-22-57)71-42-39-61(50(4)73(63)71)55-18-16-26-68-66(46-55)65-45-54(53-33-40-69-64(44-53)62-24-12-7-13-25-67(62)74(69)56-19-8-5-9-20-56)34-41-70(65)75(68)58-35-30-52(31-36-58)51-29-28-49(3)60(38-32-51)59-23-15-14-17-48(59)2;1-7-5-3-2-4-6-7;1-3-2/h5-8,10-12,14-17,19,21-31,33-46H,9,13,18,20H2,1-4H3;2-6H,1H3;3H2,1-2H3. The summed E-state index contributed by atoms with van der Waals surface area (Å²) in [7, 11) is 0. The highest BCUT2D eigenvalue weighted by Gasteiger charge is 2.23. The molecule has 3 aromatic heterocycles. The molecule has 0 atom stereocenters. The lowest BCUT2D eigenvalue weighted by Crippen LogP contribution is -2.28. The number of hydrogen-bond acceptors (Lipinski definition) is 0. The zero-order valence-corrected chi connectivity index (χ0v) is 50.6. The maximum Gasteiger partial charge on any atom is 0.0544 e. The fourth-order valence-electron chi connectivity index (χ4n) is 13.1. The molecule has 3 heteroatoms. The van der Waals surface area contributed by atoms with Gasteiger partial charge in [-0.3, -0.25) is 0 Å². The first-order valence-corrected chi connectivity index (χ1v) is 30.7. The molecule has 0 fully saturated rings. The number of rotatable bonds is 7. The van der Waals surface area contributed by atoms with Crippen LogP contribution in [-0.4, -0.2) is 13.7 Å². The number of benzene rings is 8. The van der Waals surface area contributed by atoms with Gasteiger partial charge in [-0.1, -0.05) is 190 Å². The van der Waals surface area contributed by atoms with E-state index in [1.807, 2.05) is 18.2 Å². The SMILES string of the molecule is CC1=C(c2ccccc2C)C=C=C(c2ccc(-n3c4c(c5cc(-c6ccc7c(c6)c6c(n7C7=CC=CCC7)=CCC=CC=6)ccc53)C=C(c3ccc5c(c3C)c3ccc(C)cc3n5-c3ccccc3)CC=C4)cc2)C=C1.CCC.Cc1ccccc1. The first-order valence-electron chi connectivity index (χ1n) is 30.7. The van der Waals surface area contributed by atoms with Crippen LogP contribution in [0.3, 0.4) is 0 Å². The topological polar surface area (TPSA) is 14.8 Å². The number of allylic oxidation sites excluding steroid dienone is 13. The zero-order valence-electron chi connectivity index (χ0n) is 50.6. The van der Waals surface area contributed by atoms with Gasteiger partial charge in [0.25, 0.3) is 0 Å². The summed E-state index contributed by atoms with van der Waals surface area (Å²) in [5, 5.41) is 7.70. The molecule has 0 saturated heterocycles. The molecule has 0 aliphatic heterocycles. The lowest BCUT2D eigenvalue weighted by Gasteiger charge is -2.13. The summed E-state index contributed by atoms with van der Waals surface area (Å²) in [4.78, 5) is 0. The minimum absolute atomic E-state index is 0.815. The van der Waals surface area contributed by atoms with Crippen LogP contribution in [0.25, 0.3) is 113 Å². The van der Waals surface area contributed by atoms with Gasteiger partial charge in [0.2, 0.25) is 0 Å². The number of para-hydroxylation sites is 1. The van der Waals surface area contributed by atoms with Gasteiger partial charge < -0.3 is 13.7 Å². The molecule has 0 bridgehead atoms. The van der Waals surface area contributed by atoms with E-state index in [1.54, 1.807) is 0 Å². The van der Waals surface area contributed by atoms with Crippen molar-refractivity contribution in [3.05, 3.63) is 303 Å². The van der Waals surface area contributed by atoms with Crippen molar-refractivity contribution in [2.45, 2.75) is 80.6 Å². The van der Waals surface area contributed by atoms with Crippen LogP contribution in [0.15, 0.2) is 242 Å². The van der Waals surface area contributed by atoms with Gasteiger partial charge in [-0.05, 0) is 213 Å². The summed E-state index contributed by atoms with van der Waals surface area (Å²) in [6.07, 6.45) is 34.9. The Hall–Kier alpha value is -9.92. The van der Waals surface area contributed by atoms with E-state index in [4.69, 9.17) is 0 Å². The molecule has 86 heavy (non-hydrogen) atoms. The summed E-state index contributed by atoms with van der Waals surface area (Å²) >= 11 is 0. The molecular formula is C83H73N3. The van der Waals surface area contributed by atoms with E-state index < -0.39 is 0 Å². The highest BCUT2D eigenvalue weighted by Crippen LogP contribution is 2.43. The Kier molecular flexibility index (Phi) is 15.4. The van der Waals surface area contributed by atoms with Gasteiger partial charge in [0.05, 0.1) is 33.1 Å². The molecular weight excluding hydrogens is 1040 g/mol. The maximum absolute atomic E-state index is 3.68. The van der Waals surface area contributed by atoms with Crippen LogP contribution in [0.4, 0.5) is 0 Å². The molecule has 3 heterocycles. The predicted octanol–water partition coefficient (Wildman–Crippen LogP) is 20.9. The van der Waals surface area contributed by atoms with Crippen LogP contribution in [0.5, 0.6) is 0 Å². The van der Waals surface area contributed by atoms with E-state index in [0.717, 1.165) is 42.5 Å². The third-order valence-corrected chi connectivity index (χ3v) is 17.3. The molecule has 420 valence electrons. The quantitative estimate of drug-likeness (QED) is 0.141. The third kappa shape index (κ3) is 10.4. The second kappa shape index (κ2) is 24.0. The van der Waals surface area contributed by atoms with Crippen LogP contribution >= 0.6 is 0 Å². The monoisotopic (exact) mass is 1110 g/mol. The summed E-state index contributed by atoms with van der Waals surface area (Å²) in [6.45, 7) is 15.2. The fraction of sp³-hybridized carbons (Fsp3) is 0.145. The number of aromatic nitrogens is 3. The molecule has 8 aromatic carbocycles. The highest BCUT2D eigenvalue weighted by atomic mass is 15.0. The average molecular weight is 1110 g/mol. The second-order valence-corrected chi connectivity index (χ2v) is 23.3. The Bertz CT molecular complexity index is 4900. The molecule has 4 aliphatic carbocycles. The molecule has 15 rings (SSSR count). The van der Waals surface area contributed by atoms with E-state index in [9.17, 15) is 0 Å². The number of hydrogen-bond donors (Lipinski definition) is 0. The van der Waals surface area contributed by atoms with E-state index in [1.165, 1.54) is 144 Å². The van der Waals surface area contributed by atoms with Crippen LogP contribution in [0.2, 0.25) is 0 Å². The lowest BCUT2D eigenvalue weighted by atomic mass is 9.93. The minimum Gasteiger partial charge on any atom is -0.313 e. The van der Waals surface area contributed by atoms with Crippen molar-refractivity contribution in [1.29, 1.82) is 0 Å². The van der Waals surface area contributed by atoms with Crippen molar-refractivity contribution in [3.8, 4) is 22.5 Å². The maximum atomic E-state index is 3.68. The van der Waals surface area contributed by atoms with Crippen molar-refractivity contribution in [2.75, 3.05) is 0 Å². The normalized spacial score (nSPS) is 14.2. The lowest BCUT2D eigenvalue weighted by molar-refractivity contribution is 0.943. The molecule has 0 spiro atoms. The largest absolute Gasteiger partial charge is 0.313 e. The summed E-state index contributed by atoms with van der Waals surface area (Å²) < 4.78 is 7.42. The van der Waals surface area contributed by atoms with Crippen molar-refractivity contribution in [1.82, 2.24) is 13.7 Å². The molecule has 11 aromatic rings. The van der Waals surface area contributed by atoms with Gasteiger partial charge in [0.1, 0.15) is 0 Å². The van der Waals surface area contributed by atoms with Gasteiger partial charge in [0, 0.05) is 55.0 Å². The van der Waals surface area contributed by atoms with Gasteiger partial charge in [-0.25, -0.2) is 0 Å². The van der Waals surface area contributed by atoms with Crippen molar-refractivity contribution in [2.24, 2.45) is 0 Å². The Labute approximate surface area is 506 Å². The Morgan fingerprint density at radius 3 is 1.93 bits per heavy atom. The van der Waals surface area contributed by atoms with Crippen molar-refractivity contribution >= 4 is 90.3 Å². The number of aryl methyl sites for hydroxylation is 4. The van der Waals surface area contributed by atoms with Crippen LogP contribution in [-0.2, 0) is 0 Å². The van der Waals surface area contributed by atoms with E-state index >= 15 is 0 Å². The van der Waals surface area contributed by atoms with Gasteiger partial charge in [0.15, 0.2) is 0 Å². The first-order chi connectivity index (χ1) is 42.2. The summed E-state index contributed by atoms with van der Waals surface area (Å²) in [6, 6.07) is 64.7. The fourth-order valence-corrected chi connectivity index (χ4v) is 13.1. The minimum atomic E-state index is 0.815. The van der Waals surface area contributed by atoms with Gasteiger partial charge in [-0.15, -0.1) is 5.73 Å². The Morgan fingerprint density at radius 1 is 0.512 bits per heavy atom. The molecule has 3 nitrogen and oxygen atoms in total. The average Bonchev–Trinajstić information content (AvgIpc) is 1.72. The molecule has 0 radical (unpaired) electrons. The highest BCUT2D eigenvalue weighted by molar-refractivity contribution is 6.13. The number of fused-ring (bicyclic) bond motifs is 9. The smallest absolute Gasteiger partial charge is 0.0544 e. The molecule has 0 unspecified atom stereocenters.